The molecule has 1 saturated heterocycles. The third-order valence-electron chi connectivity index (χ3n) is 6.54. The lowest BCUT2D eigenvalue weighted by molar-refractivity contribution is -0.122. The Bertz CT molecular complexity index is 1500. The molecule has 2 N–H and O–H groups in total. The number of halogens is 1. The smallest absolute Gasteiger partial charge is 0.255 e. The first kappa shape index (κ1) is 24.9. The van der Waals surface area contributed by atoms with E-state index < -0.39 is 0 Å². The van der Waals surface area contributed by atoms with Gasteiger partial charge in [-0.2, -0.15) is 0 Å². The van der Waals surface area contributed by atoms with Gasteiger partial charge in [0.25, 0.3) is 5.56 Å². The fourth-order valence-corrected chi connectivity index (χ4v) is 5.52. The minimum absolute atomic E-state index is 0.0158. The number of primary amides is 1. The Morgan fingerprint density at radius 2 is 1.89 bits per heavy atom. The molecular formula is C26H25ClN6O3S. The van der Waals surface area contributed by atoms with Crippen LogP contribution in [0.5, 0.6) is 0 Å². The number of carbonyl (C=O) groups excluding carboxylic acids is 2. The van der Waals surface area contributed by atoms with Gasteiger partial charge in [0.05, 0.1) is 38.2 Å². The van der Waals surface area contributed by atoms with Gasteiger partial charge in [0.15, 0.2) is 5.78 Å². The number of pyridine rings is 1. The largest absolute Gasteiger partial charge is 0.370 e. The Balaban J connectivity index is 1.42. The van der Waals surface area contributed by atoms with Crippen molar-refractivity contribution in [2.75, 3.05) is 18.0 Å². The predicted molar refractivity (Wildman–Crippen MR) is 143 cm³/mol. The lowest BCUT2D eigenvalue weighted by Crippen LogP contribution is -2.39. The molecule has 190 valence electrons. The maximum Gasteiger partial charge on any atom is 0.255 e. The summed E-state index contributed by atoms with van der Waals surface area (Å²) in [6.45, 7) is 1.29. The summed E-state index contributed by atoms with van der Waals surface area (Å²) in [6.07, 6.45) is 5.61. The van der Waals surface area contributed by atoms with Crippen LogP contribution < -0.4 is 16.2 Å². The molecule has 0 saturated carbocycles. The van der Waals surface area contributed by atoms with Crippen molar-refractivity contribution >= 4 is 40.3 Å². The summed E-state index contributed by atoms with van der Waals surface area (Å²) in [5.41, 5.74) is 8.48. The van der Waals surface area contributed by atoms with Crippen molar-refractivity contribution in [3.05, 3.63) is 86.2 Å². The molecular weight excluding hydrogens is 512 g/mol. The normalized spacial score (nSPS) is 14.1. The number of carbonyl (C=O) groups is 2. The SMILES string of the molecule is NC(=O)C1CCN(c2cc(-n3ccccc3=O)ccc2-n2cc(CCC(=O)c3ccc(Cl)s3)nn2)CC1. The highest BCUT2D eigenvalue weighted by Crippen LogP contribution is 2.31. The van der Waals surface area contributed by atoms with E-state index in [1.165, 1.54) is 17.4 Å². The zero-order valence-electron chi connectivity index (χ0n) is 19.9. The molecule has 1 aliphatic rings. The number of aromatic nitrogens is 4. The van der Waals surface area contributed by atoms with Gasteiger partial charge in [-0.25, -0.2) is 4.68 Å². The molecule has 0 radical (unpaired) electrons. The molecule has 0 atom stereocenters. The molecule has 9 nitrogen and oxygen atoms in total. The second-order valence-corrected chi connectivity index (χ2v) is 10.6. The summed E-state index contributed by atoms with van der Waals surface area (Å²) in [7, 11) is 0. The average Bonchev–Trinajstić information content (AvgIpc) is 3.56. The Kier molecular flexibility index (Phi) is 7.20. The van der Waals surface area contributed by atoms with E-state index >= 15 is 0 Å². The van der Waals surface area contributed by atoms with Gasteiger partial charge in [0.1, 0.15) is 0 Å². The van der Waals surface area contributed by atoms with E-state index in [0.29, 0.717) is 53.7 Å². The minimum Gasteiger partial charge on any atom is -0.370 e. The third-order valence-corrected chi connectivity index (χ3v) is 7.81. The molecule has 1 aromatic carbocycles. The van der Waals surface area contributed by atoms with Crippen LogP contribution in [0.1, 0.15) is 34.6 Å². The van der Waals surface area contributed by atoms with Crippen LogP contribution in [0.25, 0.3) is 11.4 Å². The van der Waals surface area contributed by atoms with Gasteiger partial charge in [-0.3, -0.25) is 19.0 Å². The van der Waals surface area contributed by atoms with E-state index in [4.69, 9.17) is 17.3 Å². The molecule has 5 rings (SSSR count). The molecule has 1 amide bonds. The van der Waals surface area contributed by atoms with Crippen LogP contribution in [0.3, 0.4) is 0 Å². The van der Waals surface area contributed by atoms with Crippen molar-refractivity contribution < 1.29 is 9.59 Å². The zero-order chi connectivity index (χ0) is 25.9. The first-order valence-electron chi connectivity index (χ1n) is 12.0. The number of nitrogens with zero attached hydrogens (tertiary/aromatic N) is 5. The Hall–Kier alpha value is -3.76. The number of aryl methyl sites for hydroxylation is 1. The van der Waals surface area contributed by atoms with Crippen LogP contribution in [-0.2, 0) is 11.2 Å². The molecule has 4 aromatic rings. The Morgan fingerprint density at radius 3 is 2.59 bits per heavy atom. The summed E-state index contributed by atoms with van der Waals surface area (Å²) in [6, 6.07) is 14.2. The summed E-state index contributed by atoms with van der Waals surface area (Å²) in [5, 5.41) is 8.61. The van der Waals surface area contributed by atoms with Gasteiger partial charge in [0, 0.05) is 44.1 Å². The van der Waals surface area contributed by atoms with Crippen molar-refractivity contribution in [1.29, 1.82) is 0 Å². The fourth-order valence-electron chi connectivity index (χ4n) is 4.51. The maximum atomic E-state index is 12.5. The van der Waals surface area contributed by atoms with Crippen molar-refractivity contribution in [2.45, 2.75) is 25.7 Å². The monoisotopic (exact) mass is 536 g/mol. The molecule has 0 unspecified atom stereocenters. The van der Waals surface area contributed by atoms with Gasteiger partial charge in [-0.05, 0) is 49.2 Å². The molecule has 1 aliphatic heterocycles. The Labute approximate surface area is 222 Å². The van der Waals surface area contributed by atoms with Crippen LogP contribution >= 0.6 is 22.9 Å². The number of benzene rings is 1. The standard InChI is InChI=1S/C26H25ClN6O3S/c27-24-9-8-23(37-24)22(34)7-4-18-16-33(30-29-18)20-6-5-19(32-12-2-1-3-25(32)35)15-21(20)31-13-10-17(11-14-31)26(28)36/h1-3,5-6,8-9,12,15-17H,4,7,10-11,13-14H2,(H2,28,36). The lowest BCUT2D eigenvalue weighted by Gasteiger charge is -2.33. The number of hydrogen-bond acceptors (Lipinski definition) is 7. The highest BCUT2D eigenvalue weighted by atomic mass is 35.5. The molecule has 11 heteroatoms. The van der Waals surface area contributed by atoms with Crippen LogP contribution in [0.4, 0.5) is 5.69 Å². The second-order valence-electron chi connectivity index (χ2n) is 8.93. The predicted octanol–water partition coefficient (Wildman–Crippen LogP) is 3.65. The molecule has 3 aromatic heterocycles. The second kappa shape index (κ2) is 10.7. The molecule has 0 bridgehead atoms. The van der Waals surface area contributed by atoms with E-state index in [2.05, 4.69) is 15.2 Å². The van der Waals surface area contributed by atoms with Crippen molar-refractivity contribution in [2.24, 2.45) is 11.7 Å². The van der Waals surface area contributed by atoms with Gasteiger partial charge < -0.3 is 10.6 Å². The van der Waals surface area contributed by atoms with Crippen LogP contribution in [0.2, 0.25) is 4.34 Å². The van der Waals surface area contributed by atoms with Crippen LogP contribution in [0.15, 0.2) is 65.7 Å². The maximum absolute atomic E-state index is 12.5. The number of thiophene rings is 1. The molecule has 37 heavy (non-hydrogen) atoms. The number of nitrogens with two attached hydrogens (primary N) is 1. The number of anilines is 1. The minimum atomic E-state index is -0.273. The average molecular weight is 537 g/mol. The Morgan fingerprint density at radius 1 is 1.08 bits per heavy atom. The van der Waals surface area contributed by atoms with E-state index in [1.807, 2.05) is 30.5 Å². The van der Waals surface area contributed by atoms with Crippen molar-refractivity contribution in [3.8, 4) is 11.4 Å². The highest BCUT2D eigenvalue weighted by Gasteiger charge is 2.25. The topological polar surface area (TPSA) is 116 Å². The lowest BCUT2D eigenvalue weighted by atomic mass is 9.95. The quantitative estimate of drug-likeness (QED) is 0.344. The zero-order valence-corrected chi connectivity index (χ0v) is 21.5. The van der Waals surface area contributed by atoms with E-state index in [9.17, 15) is 14.4 Å². The number of piperidine rings is 1. The summed E-state index contributed by atoms with van der Waals surface area (Å²) in [5.74, 6) is -0.403. The van der Waals surface area contributed by atoms with E-state index in [-0.39, 0.29) is 23.2 Å². The third kappa shape index (κ3) is 5.50. The molecule has 1 fully saturated rings. The fraction of sp³-hybridized carbons (Fsp3) is 0.269. The number of Topliss-reactive ketones (excluding diaryl/α,β-unsaturated/α-hetero) is 1. The number of amides is 1. The van der Waals surface area contributed by atoms with Crippen molar-refractivity contribution in [3.63, 3.8) is 0 Å². The first-order valence-corrected chi connectivity index (χ1v) is 13.1. The van der Waals surface area contributed by atoms with E-state index in [0.717, 1.165) is 17.1 Å². The van der Waals surface area contributed by atoms with E-state index in [1.54, 1.807) is 33.6 Å². The van der Waals surface area contributed by atoms with Gasteiger partial charge >= 0.3 is 0 Å². The summed E-state index contributed by atoms with van der Waals surface area (Å²) in [4.78, 5) is 39.4. The highest BCUT2D eigenvalue weighted by molar-refractivity contribution is 7.18. The summed E-state index contributed by atoms with van der Waals surface area (Å²) < 4.78 is 3.86. The number of ketones is 1. The number of hydrogen-bond donors (Lipinski definition) is 1. The van der Waals surface area contributed by atoms with Gasteiger partial charge in [0.2, 0.25) is 5.91 Å². The van der Waals surface area contributed by atoms with Crippen LogP contribution in [0, 0.1) is 5.92 Å². The van der Waals surface area contributed by atoms with Gasteiger partial charge in [-0.1, -0.05) is 22.9 Å². The summed E-state index contributed by atoms with van der Waals surface area (Å²) >= 11 is 7.22. The van der Waals surface area contributed by atoms with Crippen molar-refractivity contribution in [1.82, 2.24) is 19.6 Å². The molecule has 4 heterocycles. The number of rotatable bonds is 8. The van der Waals surface area contributed by atoms with Gasteiger partial charge in [-0.15, -0.1) is 16.4 Å². The van der Waals surface area contributed by atoms with Crippen LogP contribution in [-0.4, -0.2) is 44.3 Å². The molecule has 0 spiro atoms. The molecule has 0 aliphatic carbocycles. The first-order chi connectivity index (χ1) is 17.9.